The van der Waals surface area contributed by atoms with Crippen molar-refractivity contribution < 1.29 is 14.4 Å². The van der Waals surface area contributed by atoms with Crippen LogP contribution in [0.25, 0.3) is 6.08 Å². The van der Waals surface area contributed by atoms with Crippen LogP contribution in [0.15, 0.2) is 28.1 Å². The highest BCUT2D eigenvalue weighted by Gasteiger charge is 2.52. The average molecular weight is 354 g/mol. The van der Waals surface area contributed by atoms with Gasteiger partial charge in [0.05, 0.1) is 17.8 Å². The van der Waals surface area contributed by atoms with Crippen molar-refractivity contribution in [2.45, 2.75) is 38.9 Å². The van der Waals surface area contributed by atoms with Gasteiger partial charge in [-0.05, 0) is 66.8 Å². The zero-order valence-corrected chi connectivity index (χ0v) is 14.4. The molecule has 21 heavy (non-hydrogen) atoms. The summed E-state index contributed by atoms with van der Waals surface area (Å²) in [6.07, 6.45) is 1.87. The van der Waals surface area contributed by atoms with E-state index in [9.17, 15) is 5.11 Å². The van der Waals surface area contributed by atoms with E-state index in [1.165, 1.54) is 0 Å². The average Bonchev–Trinajstić information content (AvgIpc) is 2.59. The van der Waals surface area contributed by atoms with E-state index in [2.05, 4.69) is 15.9 Å². The van der Waals surface area contributed by atoms with E-state index in [-0.39, 0.29) is 6.61 Å². The number of hydrogen-bond acceptors (Lipinski definition) is 4. The van der Waals surface area contributed by atoms with Crippen LogP contribution < -0.4 is 5.73 Å². The van der Waals surface area contributed by atoms with Crippen LogP contribution in [0.1, 0.15) is 33.3 Å². The number of rotatable bonds is 3. The van der Waals surface area contributed by atoms with Gasteiger partial charge in [-0.1, -0.05) is 12.1 Å². The molecule has 0 unspecified atom stereocenters. The third kappa shape index (κ3) is 3.34. The molecule has 0 saturated carbocycles. The molecule has 1 aromatic carbocycles. The summed E-state index contributed by atoms with van der Waals surface area (Å²) in [5, 5.41) is 9.65. The lowest BCUT2D eigenvalue weighted by Gasteiger charge is -2.32. The van der Waals surface area contributed by atoms with Crippen LogP contribution in [0.2, 0.25) is 0 Å². The van der Waals surface area contributed by atoms with Gasteiger partial charge >= 0.3 is 7.12 Å². The van der Waals surface area contributed by atoms with Crippen LogP contribution in [0.5, 0.6) is 0 Å². The number of anilines is 1. The zero-order valence-electron chi connectivity index (χ0n) is 12.8. The number of nitrogens with two attached hydrogens (primary N) is 1. The maximum absolute atomic E-state index is 9.65. The second kappa shape index (κ2) is 5.76. The number of aliphatic hydroxyl groups is 1. The van der Waals surface area contributed by atoms with E-state index in [4.69, 9.17) is 15.0 Å². The molecule has 1 heterocycles. The Morgan fingerprint density at radius 1 is 1.29 bits per heavy atom. The maximum Gasteiger partial charge on any atom is 0.492 e. The molecule has 1 saturated heterocycles. The van der Waals surface area contributed by atoms with Gasteiger partial charge in [0.15, 0.2) is 0 Å². The Hall–Kier alpha value is -0.815. The Morgan fingerprint density at radius 3 is 2.33 bits per heavy atom. The molecule has 114 valence electrons. The van der Waals surface area contributed by atoms with Gasteiger partial charge < -0.3 is 20.1 Å². The molecule has 0 radical (unpaired) electrons. The number of hydrogen-bond donors (Lipinski definition) is 2. The van der Waals surface area contributed by atoms with Crippen molar-refractivity contribution in [3.8, 4) is 0 Å². The van der Waals surface area contributed by atoms with Gasteiger partial charge in [0.2, 0.25) is 0 Å². The van der Waals surface area contributed by atoms with Gasteiger partial charge in [-0.15, -0.1) is 0 Å². The van der Waals surface area contributed by atoms with Gasteiger partial charge in [-0.25, -0.2) is 0 Å². The summed E-state index contributed by atoms with van der Waals surface area (Å²) in [6, 6.07) is 5.60. The van der Waals surface area contributed by atoms with Crippen LogP contribution in [-0.4, -0.2) is 30.0 Å². The normalized spacial score (nSPS) is 20.9. The first-order valence-corrected chi connectivity index (χ1v) is 7.67. The number of benzene rings is 1. The predicted molar refractivity (Wildman–Crippen MR) is 89.7 cm³/mol. The fourth-order valence-corrected chi connectivity index (χ4v) is 2.43. The molecular formula is C15H21BBrNO3. The lowest BCUT2D eigenvalue weighted by Crippen LogP contribution is -2.41. The quantitative estimate of drug-likeness (QED) is 0.647. The number of halogens is 1. The molecule has 0 atom stereocenters. The van der Waals surface area contributed by atoms with Gasteiger partial charge in [-0.2, -0.15) is 0 Å². The van der Waals surface area contributed by atoms with E-state index >= 15 is 0 Å². The standard InChI is InChI=1S/C15H21BBrNO3/c1-14(2)15(3,4)21-16(20-14)11(9-19)7-10-5-6-13(18)12(17)8-10/h5-8,19H,9,18H2,1-4H3. The van der Waals surface area contributed by atoms with Crippen LogP contribution in [-0.2, 0) is 9.31 Å². The van der Waals surface area contributed by atoms with Crippen molar-refractivity contribution in [3.63, 3.8) is 0 Å². The van der Waals surface area contributed by atoms with Crippen LogP contribution >= 0.6 is 15.9 Å². The lowest BCUT2D eigenvalue weighted by atomic mass is 9.77. The highest BCUT2D eigenvalue weighted by Crippen LogP contribution is 2.38. The highest BCUT2D eigenvalue weighted by molar-refractivity contribution is 9.10. The largest absolute Gasteiger partial charge is 0.492 e. The third-order valence-corrected chi connectivity index (χ3v) is 4.80. The first-order valence-electron chi connectivity index (χ1n) is 6.88. The van der Waals surface area contributed by atoms with Crippen LogP contribution in [0.4, 0.5) is 5.69 Å². The Morgan fingerprint density at radius 2 is 1.86 bits per heavy atom. The second-order valence-corrected chi connectivity index (χ2v) is 7.10. The molecule has 6 heteroatoms. The molecule has 4 nitrogen and oxygen atoms in total. The Bertz CT molecular complexity index is 556. The van der Waals surface area contributed by atoms with E-state index in [0.29, 0.717) is 11.2 Å². The molecule has 0 aromatic heterocycles. The molecule has 0 aliphatic carbocycles. The number of aliphatic hydroxyl groups excluding tert-OH is 1. The van der Waals surface area contributed by atoms with E-state index in [1.807, 2.05) is 52.0 Å². The molecular weight excluding hydrogens is 333 g/mol. The summed E-state index contributed by atoms with van der Waals surface area (Å²) in [5.74, 6) is 0. The van der Waals surface area contributed by atoms with Gasteiger partial charge in [0.1, 0.15) is 0 Å². The van der Waals surface area contributed by atoms with Gasteiger partial charge in [-0.3, -0.25) is 0 Å². The minimum atomic E-state index is -0.545. The first-order chi connectivity index (χ1) is 9.66. The summed E-state index contributed by atoms with van der Waals surface area (Å²) in [7, 11) is -0.545. The summed E-state index contributed by atoms with van der Waals surface area (Å²) in [4.78, 5) is 0. The highest BCUT2D eigenvalue weighted by atomic mass is 79.9. The fraction of sp³-hybridized carbons (Fsp3) is 0.467. The van der Waals surface area contributed by atoms with Gasteiger partial charge in [0.25, 0.3) is 0 Å². The molecule has 0 amide bonds. The maximum atomic E-state index is 9.65. The van der Waals surface area contributed by atoms with Crippen molar-refractivity contribution in [2.24, 2.45) is 0 Å². The van der Waals surface area contributed by atoms with Crippen molar-refractivity contribution in [2.75, 3.05) is 12.3 Å². The number of nitrogen functional groups attached to an aromatic ring is 1. The van der Waals surface area contributed by atoms with E-state index in [1.54, 1.807) is 0 Å². The molecule has 0 bridgehead atoms. The Balaban J connectivity index is 2.28. The molecule has 1 aliphatic heterocycles. The monoisotopic (exact) mass is 353 g/mol. The Kier molecular flexibility index (Phi) is 4.54. The third-order valence-electron chi connectivity index (χ3n) is 4.12. The fourth-order valence-electron chi connectivity index (χ4n) is 2.03. The molecule has 3 N–H and O–H groups in total. The second-order valence-electron chi connectivity index (χ2n) is 6.25. The summed E-state index contributed by atoms with van der Waals surface area (Å²) in [6.45, 7) is 7.83. The Labute approximate surface area is 134 Å². The van der Waals surface area contributed by atoms with Crippen molar-refractivity contribution in [1.82, 2.24) is 0 Å². The van der Waals surface area contributed by atoms with Crippen LogP contribution in [0.3, 0.4) is 0 Å². The molecule has 1 aliphatic rings. The van der Waals surface area contributed by atoms with Crippen LogP contribution in [0, 0.1) is 0 Å². The lowest BCUT2D eigenvalue weighted by molar-refractivity contribution is 0.00578. The van der Waals surface area contributed by atoms with Crippen molar-refractivity contribution in [1.29, 1.82) is 0 Å². The van der Waals surface area contributed by atoms with Gasteiger partial charge in [0, 0.05) is 10.2 Å². The zero-order chi connectivity index (χ0) is 15.8. The summed E-state index contributed by atoms with van der Waals surface area (Å²) in [5.41, 5.74) is 7.22. The minimum absolute atomic E-state index is 0.126. The molecule has 1 aromatic rings. The minimum Gasteiger partial charge on any atom is -0.400 e. The molecule has 0 spiro atoms. The molecule has 2 rings (SSSR count). The molecule has 1 fully saturated rings. The SMILES string of the molecule is CC1(C)OB(C(=Cc2ccc(N)c(Br)c2)CO)OC1(C)C. The smallest absolute Gasteiger partial charge is 0.400 e. The summed E-state index contributed by atoms with van der Waals surface area (Å²) >= 11 is 3.40. The predicted octanol–water partition coefficient (Wildman–Crippen LogP) is 3.04. The summed E-state index contributed by atoms with van der Waals surface area (Å²) < 4.78 is 12.7. The van der Waals surface area contributed by atoms with Crippen molar-refractivity contribution >= 4 is 34.8 Å². The van der Waals surface area contributed by atoms with E-state index < -0.39 is 18.3 Å². The van der Waals surface area contributed by atoms with Crippen molar-refractivity contribution in [3.05, 3.63) is 33.7 Å². The van der Waals surface area contributed by atoms with E-state index in [0.717, 1.165) is 10.0 Å². The topological polar surface area (TPSA) is 64.7 Å². The first kappa shape index (κ1) is 16.6.